The Morgan fingerprint density at radius 3 is 1.15 bits per heavy atom. The van der Waals surface area contributed by atoms with Crippen LogP contribution >= 0.6 is 0 Å². The maximum Gasteiger partial charge on any atom is 0.508 e. The van der Waals surface area contributed by atoms with E-state index >= 15 is 0 Å². The van der Waals surface area contributed by atoms with Crippen LogP contribution in [0.2, 0.25) is 0 Å². The minimum absolute atomic E-state index is 0.181. The molecule has 0 heterocycles. The van der Waals surface area contributed by atoms with E-state index in [2.05, 4.69) is 30.6 Å². The molecule has 0 aromatic carbocycles. The van der Waals surface area contributed by atoms with E-state index in [0.717, 1.165) is 32.1 Å². The fourth-order valence-electron chi connectivity index (χ4n) is 3.98. The normalized spacial score (nSPS) is 13.7. The molecule has 19 heteroatoms. The van der Waals surface area contributed by atoms with Gasteiger partial charge in [-0.25, -0.2) is 19.0 Å². The van der Waals surface area contributed by atoms with Crippen molar-refractivity contribution in [1.29, 1.82) is 0 Å². The first-order valence-electron chi connectivity index (χ1n) is 15.3. The molecule has 0 saturated heterocycles. The third-order valence-corrected chi connectivity index (χ3v) is 6.43. The average Bonchev–Trinajstić information content (AvgIpc) is 2.93. The molecule has 47 heavy (non-hydrogen) atoms. The van der Waals surface area contributed by atoms with Crippen LogP contribution in [0.5, 0.6) is 0 Å². The third kappa shape index (κ3) is 19.8. The lowest BCUT2D eigenvalue weighted by molar-refractivity contribution is -0.558. The second-order valence-electron chi connectivity index (χ2n) is 10.7. The summed E-state index contributed by atoms with van der Waals surface area (Å²) in [6.07, 6.45) is -23.8. The Labute approximate surface area is 265 Å². The molecule has 0 bridgehead atoms. The van der Waals surface area contributed by atoms with Crippen molar-refractivity contribution in [2.75, 3.05) is 26.9 Å². The van der Waals surface area contributed by atoms with E-state index in [0.29, 0.717) is 20.0 Å². The number of hydrogen-bond acceptors (Lipinski definition) is 7. The van der Waals surface area contributed by atoms with Crippen molar-refractivity contribution in [3.8, 4) is 0 Å². The molecular weight excluding hydrogens is 676 g/mol. The SMILES string of the molecule is CCCCCCCCCCCCCCCCCCOCC(F)(F)OC(F)(F)C(F)(F)OC(F)(F)C(F)(F)OC(F)(F)COC(=O)OC. The molecule has 7 nitrogen and oxygen atoms in total. The highest BCUT2D eigenvalue weighted by molar-refractivity contribution is 5.59. The first-order valence-corrected chi connectivity index (χ1v) is 15.3. The van der Waals surface area contributed by atoms with Crippen LogP contribution in [0.25, 0.3) is 0 Å². The smallest absolute Gasteiger partial charge is 0.438 e. The zero-order valence-electron chi connectivity index (χ0n) is 26.3. The summed E-state index contributed by atoms with van der Waals surface area (Å²) in [5, 5.41) is 0. The Morgan fingerprint density at radius 2 is 0.787 bits per heavy atom. The van der Waals surface area contributed by atoms with Gasteiger partial charge in [0.25, 0.3) is 0 Å². The molecule has 0 unspecified atom stereocenters. The Balaban J connectivity index is 4.43. The van der Waals surface area contributed by atoms with Gasteiger partial charge in [0.05, 0.1) is 7.11 Å². The molecule has 0 aliphatic heterocycles. The molecule has 0 saturated carbocycles. The summed E-state index contributed by atoms with van der Waals surface area (Å²) in [5.74, 6) is 0. The maximum atomic E-state index is 13.7. The minimum Gasteiger partial charge on any atom is -0.438 e. The van der Waals surface area contributed by atoms with Crippen LogP contribution in [0, 0.1) is 0 Å². The molecule has 0 spiro atoms. The number of carbonyl (C=O) groups is 1. The van der Waals surface area contributed by atoms with Gasteiger partial charge in [0.15, 0.2) is 6.61 Å². The number of methoxy groups -OCH3 is 1. The van der Waals surface area contributed by atoms with Crippen molar-refractivity contribution < 1.29 is 85.9 Å². The molecule has 0 aromatic rings. The van der Waals surface area contributed by atoms with Gasteiger partial charge in [-0.3, -0.25) is 0 Å². The molecule has 0 aliphatic carbocycles. The Kier molecular flexibility index (Phi) is 20.6. The molecular formula is C28H44F12O7. The highest BCUT2D eigenvalue weighted by atomic mass is 19.4. The summed E-state index contributed by atoms with van der Waals surface area (Å²) >= 11 is 0. The molecule has 282 valence electrons. The fraction of sp³-hybridized carbons (Fsp3) is 0.964. The largest absolute Gasteiger partial charge is 0.508 e. The van der Waals surface area contributed by atoms with Crippen LogP contribution in [-0.4, -0.2) is 69.7 Å². The zero-order chi connectivity index (χ0) is 36.3. The Bertz CT molecular complexity index is 849. The van der Waals surface area contributed by atoms with Crippen molar-refractivity contribution in [1.82, 2.24) is 0 Å². The first-order chi connectivity index (χ1) is 21.6. The van der Waals surface area contributed by atoms with Crippen molar-refractivity contribution in [2.24, 2.45) is 0 Å². The number of unbranched alkanes of at least 4 members (excludes halogenated alkanes) is 15. The van der Waals surface area contributed by atoms with Gasteiger partial charge in [-0.2, -0.15) is 52.7 Å². The summed E-state index contributed by atoms with van der Waals surface area (Å²) in [5.41, 5.74) is 0. The van der Waals surface area contributed by atoms with Gasteiger partial charge in [-0.05, 0) is 6.42 Å². The third-order valence-electron chi connectivity index (χ3n) is 6.43. The molecule has 0 amide bonds. The quantitative estimate of drug-likeness (QED) is 0.0433. The number of carbonyl (C=O) groups excluding carboxylic acids is 1. The van der Waals surface area contributed by atoms with E-state index in [9.17, 15) is 57.5 Å². The van der Waals surface area contributed by atoms with Gasteiger partial charge >= 0.3 is 42.8 Å². The van der Waals surface area contributed by atoms with Gasteiger partial charge < -0.3 is 14.2 Å². The van der Waals surface area contributed by atoms with Crippen LogP contribution in [0.3, 0.4) is 0 Å². The number of hydrogen-bond donors (Lipinski definition) is 0. The van der Waals surface area contributed by atoms with E-state index in [-0.39, 0.29) is 6.42 Å². The molecule has 0 N–H and O–H groups in total. The topological polar surface area (TPSA) is 72.5 Å². The fourth-order valence-corrected chi connectivity index (χ4v) is 3.98. The average molecular weight is 721 g/mol. The van der Waals surface area contributed by atoms with Gasteiger partial charge in [-0.1, -0.05) is 103 Å². The summed E-state index contributed by atoms with van der Waals surface area (Å²) in [4.78, 5) is 10.6. The van der Waals surface area contributed by atoms with Gasteiger partial charge in [0.1, 0.15) is 6.61 Å². The number of ether oxygens (including phenoxy) is 6. The van der Waals surface area contributed by atoms with E-state index in [1.165, 1.54) is 51.4 Å². The highest BCUT2D eigenvalue weighted by Crippen LogP contribution is 2.48. The minimum atomic E-state index is -7.00. The molecule has 0 radical (unpaired) electrons. The van der Waals surface area contributed by atoms with E-state index in [1.807, 2.05) is 4.74 Å². The standard InChI is InChI=1S/C28H44F12O7/c1-3-4-5-6-7-8-9-10-11-12-13-14-15-16-17-18-19-43-20-23(29,30)45-25(33,34)27(37,38)47-28(39,40)26(35,36)46-24(31,32)21-44-22(41)42-2/h3-21H2,1-2H3. The maximum absolute atomic E-state index is 13.7. The Hall–Kier alpha value is -1.73. The molecule has 0 aliphatic rings. The van der Waals surface area contributed by atoms with Crippen LogP contribution in [0.1, 0.15) is 110 Å². The van der Waals surface area contributed by atoms with E-state index in [1.54, 1.807) is 0 Å². The van der Waals surface area contributed by atoms with E-state index < -0.39 is 62.6 Å². The second kappa shape index (κ2) is 21.4. The van der Waals surface area contributed by atoms with Gasteiger partial charge in [0.2, 0.25) is 0 Å². The lowest BCUT2D eigenvalue weighted by Crippen LogP contribution is -2.58. The van der Waals surface area contributed by atoms with Crippen LogP contribution < -0.4 is 0 Å². The molecule has 0 aromatic heterocycles. The first kappa shape index (κ1) is 45.3. The van der Waals surface area contributed by atoms with Gasteiger partial charge in [-0.15, -0.1) is 0 Å². The number of rotatable bonds is 29. The Morgan fingerprint density at radius 1 is 0.468 bits per heavy atom. The predicted octanol–water partition coefficient (Wildman–Crippen LogP) is 10.7. The number of alkyl halides is 12. The van der Waals surface area contributed by atoms with Gasteiger partial charge in [0, 0.05) is 6.61 Å². The van der Waals surface area contributed by atoms with Crippen molar-refractivity contribution in [2.45, 2.75) is 146 Å². The molecule has 0 atom stereocenters. The monoisotopic (exact) mass is 720 g/mol. The summed E-state index contributed by atoms with van der Waals surface area (Å²) in [6.45, 7) is -2.84. The lowest BCUT2D eigenvalue weighted by Gasteiger charge is -2.34. The molecule has 0 rings (SSSR count). The highest BCUT2D eigenvalue weighted by Gasteiger charge is 2.74. The predicted molar refractivity (Wildman–Crippen MR) is 142 cm³/mol. The van der Waals surface area contributed by atoms with Crippen LogP contribution in [-0.2, 0) is 28.4 Å². The van der Waals surface area contributed by atoms with Crippen molar-refractivity contribution in [3.05, 3.63) is 0 Å². The van der Waals surface area contributed by atoms with Crippen molar-refractivity contribution in [3.63, 3.8) is 0 Å². The summed E-state index contributed by atoms with van der Waals surface area (Å²) in [7, 11) is 0.569. The van der Waals surface area contributed by atoms with Crippen LogP contribution in [0.4, 0.5) is 57.5 Å². The zero-order valence-corrected chi connectivity index (χ0v) is 26.3. The van der Waals surface area contributed by atoms with Crippen LogP contribution in [0.15, 0.2) is 0 Å². The van der Waals surface area contributed by atoms with Crippen molar-refractivity contribution >= 4 is 6.16 Å². The molecule has 0 fully saturated rings. The summed E-state index contributed by atoms with van der Waals surface area (Å²) in [6, 6.07) is 0. The number of halogens is 12. The lowest BCUT2D eigenvalue weighted by atomic mass is 10.0. The summed E-state index contributed by atoms with van der Waals surface area (Å²) < 4.78 is 181. The second-order valence-corrected chi connectivity index (χ2v) is 10.7. The van der Waals surface area contributed by atoms with E-state index in [4.69, 9.17) is 0 Å².